The highest BCUT2D eigenvalue weighted by Gasteiger charge is 2.58. The van der Waals surface area contributed by atoms with E-state index in [1.165, 1.54) is 44.9 Å². The van der Waals surface area contributed by atoms with E-state index >= 15 is 0 Å². The van der Waals surface area contributed by atoms with Gasteiger partial charge in [-0.15, -0.1) is 0 Å². The highest BCUT2D eigenvalue weighted by Crippen LogP contribution is 2.65. The fourth-order valence-electron chi connectivity index (χ4n) is 9.08. The molecule has 0 radical (unpaired) electrons. The van der Waals surface area contributed by atoms with Crippen LogP contribution in [0.3, 0.4) is 0 Å². The minimum Gasteiger partial charge on any atom is -0.387 e. The highest BCUT2D eigenvalue weighted by molar-refractivity contribution is 5.07. The van der Waals surface area contributed by atoms with E-state index in [1.807, 2.05) is 11.7 Å². The fraction of sp³-hybridized carbons (Fsp3) is 0.923. The van der Waals surface area contributed by atoms with E-state index in [1.54, 1.807) is 12.4 Å². The van der Waals surface area contributed by atoms with Gasteiger partial charge in [0.15, 0.2) is 0 Å². The molecule has 174 valence electrons. The molecular weight excluding hydrogens is 386 g/mol. The number of hydrogen-bond donors (Lipinski definition) is 1. The molecule has 4 fully saturated rings. The van der Waals surface area contributed by atoms with Crippen molar-refractivity contribution in [3.8, 4) is 0 Å². The molecule has 5 rings (SSSR count). The predicted molar refractivity (Wildman–Crippen MR) is 121 cm³/mol. The Kier molecular flexibility index (Phi) is 5.96. The summed E-state index contributed by atoms with van der Waals surface area (Å²) in [5, 5.41) is 19.8. The molecule has 5 heteroatoms. The molecule has 31 heavy (non-hydrogen) atoms. The maximum atomic E-state index is 11.1. The first-order valence-electron chi connectivity index (χ1n) is 13.1. The lowest BCUT2D eigenvalue weighted by molar-refractivity contribution is -0.129. The molecule has 0 saturated heterocycles. The highest BCUT2D eigenvalue weighted by atomic mass is 16.5. The maximum Gasteiger partial charge on any atom is 0.0883 e. The summed E-state index contributed by atoms with van der Waals surface area (Å²) < 4.78 is 5.64. The van der Waals surface area contributed by atoms with Crippen molar-refractivity contribution in [3.05, 3.63) is 12.4 Å². The number of aliphatic hydroxyl groups is 1. The van der Waals surface area contributed by atoms with Gasteiger partial charge in [-0.2, -0.15) is 15.0 Å². The molecule has 1 N–H and O–H groups in total. The van der Waals surface area contributed by atoms with Gasteiger partial charge in [0.05, 0.1) is 31.1 Å². The van der Waals surface area contributed by atoms with Gasteiger partial charge in [0.25, 0.3) is 0 Å². The van der Waals surface area contributed by atoms with Crippen LogP contribution in [-0.4, -0.2) is 38.9 Å². The Labute approximate surface area is 188 Å². The zero-order valence-electron chi connectivity index (χ0n) is 19.9. The van der Waals surface area contributed by atoms with E-state index in [-0.39, 0.29) is 0 Å². The Bertz CT molecular complexity index is 739. The van der Waals surface area contributed by atoms with Crippen LogP contribution in [0.2, 0.25) is 0 Å². The third-order valence-electron chi connectivity index (χ3n) is 10.4. The van der Waals surface area contributed by atoms with Crippen molar-refractivity contribution in [1.29, 1.82) is 0 Å². The largest absolute Gasteiger partial charge is 0.387 e. The molecule has 0 aliphatic heterocycles. The molecule has 4 saturated carbocycles. The molecule has 4 aliphatic carbocycles. The Morgan fingerprint density at radius 2 is 1.81 bits per heavy atom. The van der Waals surface area contributed by atoms with E-state index < -0.39 is 5.60 Å². The Morgan fingerprint density at radius 1 is 1.03 bits per heavy atom. The molecule has 0 amide bonds. The topological polar surface area (TPSA) is 60.2 Å². The van der Waals surface area contributed by atoms with Crippen LogP contribution < -0.4 is 0 Å². The third-order valence-corrected chi connectivity index (χ3v) is 10.4. The Balaban J connectivity index is 1.26. The summed E-state index contributed by atoms with van der Waals surface area (Å²) in [6, 6.07) is 0. The van der Waals surface area contributed by atoms with Gasteiger partial charge in [0.1, 0.15) is 0 Å². The van der Waals surface area contributed by atoms with Crippen molar-refractivity contribution in [1.82, 2.24) is 15.0 Å². The van der Waals surface area contributed by atoms with Gasteiger partial charge in [0, 0.05) is 6.61 Å². The quantitative estimate of drug-likeness (QED) is 0.695. The Morgan fingerprint density at radius 3 is 2.58 bits per heavy atom. The summed E-state index contributed by atoms with van der Waals surface area (Å²) in [4.78, 5) is 1.89. The normalized spacial score (nSPS) is 45.5. The van der Waals surface area contributed by atoms with Crippen molar-refractivity contribution in [2.24, 2.45) is 46.8 Å². The summed E-state index contributed by atoms with van der Waals surface area (Å²) >= 11 is 0. The average Bonchev–Trinajstić information content (AvgIpc) is 3.39. The fourth-order valence-corrected chi connectivity index (χ4v) is 9.08. The molecular formula is C26H43N3O2. The van der Waals surface area contributed by atoms with E-state index in [2.05, 4.69) is 24.0 Å². The zero-order valence-corrected chi connectivity index (χ0v) is 19.9. The first-order chi connectivity index (χ1) is 14.9. The zero-order chi connectivity index (χ0) is 21.6. The lowest BCUT2D eigenvalue weighted by Gasteiger charge is -2.57. The van der Waals surface area contributed by atoms with Crippen molar-refractivity contribution in [2.75, 3.05) is 13.2 Å². The third kappa shape index (κ3) is 3.88. The van der Waals surface area contributed by atoms with Crippen LogP contribution in [0, 0.1) is 46.8 Å². The second-order valence-electron chi connectivity index (χ2n) is 11.8. The second kappa shape index (κ2) is 8.44. The lowest BCUT2D eigenvalue weighted by atomic mass is 9.48. The summed E-state index contributed by atoms with van der Waals surface area (Å²) in [7, 11) is 0. The van der Waals surface area contributed by atoms with Crippen LogP contribution in [0.1, 0.15) is 78.6 Å². The molecule has 4 aliphatic rings. The van der Waals surface area contributed by atoms with Crippen LogP contribution >= 0.6 is 0 Å². The smallest absolute Gasteiger partial charge is 0.0883 e. The second-order valence-corrected chi connectivity index (χ2v) is 11.8. The molecule has 5 nitrogen and oxygen atoms in total. The van der Waals surface area contributed by atoms with Crippen LogP contribution in [0.25, 0.3) is 0 Å². The van der Waals surface area contributed by atoms with Gasteiger partial charge in [-0.1, -0.05) is 13.8 Å². The van der Waals surface area contributed by atoms with Crippen LogP contribution in [0.4, 0.5) is 0 Å². The number of hydrogen-bond acceptors (Lipinski definition) is 4. The minimum atomic E-state index is -0.568. The Hall–Kier alpha value is -0.940. The number of fused-ring (bicyclic) bond motifs is 5. The van der Waals surface area contributed by atoms with Gasteiger partial charge in [-0.25, -0.2) is 0 Å². The number of rotatable bonds is 6. The van der Waals surface area contributed by atoms with Gasteiger partial charge >= 0.3 is 0 Å². The lowest BCUT2D eigenvalue weighted by Crippen LogP contribution is -2.52. The number of aromatic nitrogens is 3. The molecule has 9 atom stereocenters. The van der Waals surface area contributed by atoms with Gasteiger partial charge in [-0.05, 0) is 112 Å². The average molecular weight is 430 g/mol. The minimum absolute atomic E-state index is 0.491. The molecule has 0 bridgehead atoms. The SMILES string of the molecule is CCOC[C@@]1(O)CC[C@H]2[C@H](CC[C@@H]3[C@@H]2CC[C@]2(C)[C@@H](C(C)Cn4nccn4)CC[C@@H]32)C1. The maximum absolute atomic E-state index is 11.1. The van der Waals surface area contributed by atoms with Gasteiger partial charge < -0.3 is 9.84 Å². The molecule has 0 aromatic carbocycles. The van der Waals surface area contributed by atoms with Crippen molar-refractivity contribution in [3.63, 3.8) is 0 Å². The molecule has 1 aromatic heterocycles. The van der Waals surface area contributed by atoms with E-state index in [0.717, 1.165) is 49.0 Å². The molecule has 1 aromatic rings. The van der Waals surface area contributed by atoms with E-state index in [9.17, 15) is 5.11 Å². The molecule has 1 heterocycles. The van der Waals surface area contributed by atoms with Crippen molar-refractivity contribution < 1.29 is 9.84 Å². The molecule has 1 unspecified atom stereocenters. The molecule has 0 spiro atoms. The first-order valence-corrected chi connectivity index (χ1v) is 13.1. The van der Waals surface area contributed by atoms with Crippen LogP contribution in [-0.2, 0) is 11.3 Å². The summed E-state index contributed by atoms with van der Waals surface area (Å²) in [5.74, 6) is 5.70. The number of nitrogens with zero attached hydrogens (tertiary/aromatic N) is 3. The summed E-state index contributed by atoms with van der Waals surface area (Å²) in [6.45, 7) is 9.29. The summed E-state index contributed by atoms with van der Waals surface area (Å²) in [5.41, 5.74) is -0.0768. The predicted octanol–water partition coefficient (Wildman–Crippen LogP) is 4.95. The van der Waals surface area contributed by atoms with Crippen molar-refractivity contribution in [2.45, 2.75) is 90.7 Å². The van der Waals surface area contributed by atoms with Crippen LogP contribution in [0.15, 0.2) is 12.4 Å². The monoisotopic (exact) mass is 429 g/mol. The standard InChI is InChI=1S/C26H43N3O2/c1-4-31-17-26(30)12-10-20-19(15-26)5-6-22-21(20)9-11-25(3)23(7-8-24(22)25)18(2)16-29-27-13-14-28-29/h13-14,18-24,30H,4-12,15-17H2,1-3H3/t18?,19-,20+,21-,22-,23-,24+,25-,26-/m1/s1. The van der Waals surface area contributed by atoms with Gasteiger partial charge in [-0.3, -0.25) is 0 Å². The van der Waals surface area contributed by atoms with Crippen LogP contribution in [0.5, 0.6) is 0 Å². The summed E-state index contributed by atoms with van der Waals surface area (Å²) in [6.07, 6.45) is 15.0. The van der Waals surface area contributed by atoms with Crippen molar-refractivity contribution >= 4 is 0 Å². The van der Waals surface area contributed by atoms with Gasteiger partial charge in [0.2, 0.25) is 0 Å². The first kappa shape index (κ1) is 21.9. The van der Waals surface area contributed by atoms with E-state index in [4.69, 9.17) is 4.74 Å². The van der Waals surface area contributed by atoms with E-state index in [0.29, 0.717) is 30.5 Å². The number of ether oxygens (including phenoxy) is 1.